The van der Waals surface area contributed by atoms with Crippen molar-refractivity contribution in [2.45, 2.75) is 96.9 Å². The minimum atomic E-state index is -4.57. The second-order valence-corrected chi connectivity index (χ2v) is 10.1. The van der Waals surface area contributed by atoms with Crippen LogP contribution in [0.15, 0.2) is 0 Å². The molecule has 0 bridgehead atoms. The van der Waals surface area contributed by atoms with Crippen molar-refractivity contribution < 1.29 is 53.8 Å². The molecule has 2 rings (SSSR count). The van der Waals surface area contributed by atoms with Crippen molar-refractivity contribution in [3.05, 3.63) is 6.10 Å². The monoisotopic (exact) mass is 605 g/mol. The topological polar surface area (TPSA) is 112 Å². The summed E-state index contributed by atoms with van der Waals surface area (Å²) < 4.78 is 40.1. The van der Waals surface area contributed by atoms with E-state index < -0.39 is 19.5 Å². The van der Waals surface area contributed by atoms with Crippen LogP contribution in [-0.2, 0) is 48.9 Å². The molecule has 1 saturated carbocycles. The van der Waals surface area contributed by atoms with Gasteiger partial charge in [0.1, 0.15) is 0 Å². The molecule has 1 aliphatic heterocycles. The van der Waals surface area contributed by atoms with Gasteiger partial charge in [-0.05, 0) is 72.5 Å². The molecule has 2 N–H and O–H groups in total. The first-order valence-corrected chi connectivity index (χ1v) is 11.6. The Morgan fingerprint density at radius 3 is 2.48 bits per heavy atom. The summed E-state index contributed by atoms with van der Waals surface area (Å²) in [4.78, 5) is 12.5. The molecule has 0 radical (unpaired) electrons. The molecule has 0 spiro atoms. The molecule has 6 atom stereocenters. The van der Waals surface area contributed by atoms with E-state index in [1.54, 1.807) is 0 Å². The van der Waals surface area contributed by atoms with Gasteiger partial charge in [-0.1, -0.05) is 6.92 Å². The minimum absolute atomic E-state index is 0. The van der Waals surface area contributed by atoms with Gasteiger partial charge in [0.15, 0.2) is 0 Å². The Hall–Kier alpha value is 0.638. The quantitative estimate of drug-likeness (QED) is 0.299. The summed E-state index contributed by atoms with van der Waals surface area (Å²) in [5.74, 6) is 0.239. The van der Waals surface area contributed by atoms with E-state index >= 15 is 0 Å². The number of ether oxygens (including phenoxy) is 3. The van der Waals surface area contributed by atoms with E-state index in [0.717, 1.165) is 0 Å². The number of nitrogens with two attached hydrogens (primary N) is 1. The summed E-state index contributed by atoms with van der Waals surface area (Å²) >= 11 is 0. The molecule has 172 valence electrons. The van der Waals surface area contributed by atoms with Gasteiger partial charge in [-0.15, -0.1) is 6.10 Å². The standard InChI is InChI=1S/C19H37NO7P.W/c1-12(2)23-11-19(20)9-14(5)7-18(19)27-28(21,22)24-10-17-16(25-13(3)4)8-15(6)26-17;/h12-16,18H,7-11,20H2,1-6H3,(H,21,22);/q-1;/p-1/t14-,15-,16+,18+,19-;/m0./s1. The largest absolute Gasteiger partial charge is 0.756 e. The molecule has 1 heterocycles. The molecule has 0 aromatic rings. The second-order valence-electron chi connectivity index (χ2n) is 8.76. The van der Waals surface area contributed by atoms with Crippen LogP contribution in [0.1, 0.15) is 60.8 Å². The van der Waals surface area contributed by atoms with E-state index in [2.05, 4.69) is 0 Å². The predicted octanol–water partition coefficient (Wildman–Crippen LogP) is 2.54. The van der Waals surface area contributed by atoms with Gasteiger partial charge in [-0.25, -0.2) is 0 Å². The van der Waals surface area contributed by atoms with E-state index in [1.165, 1.54) is 0 Å². The Kier molecular flexibility index (Phi) is 11.0. The Morgan fingerprint density at radius 1 is 1.24 bits per heavy atom. The fraction of sp³-hybridized carbons (Fsp3) is 0.947. The first-order valence-electron chi connectivity index (χ1n) is 10.1. The van der Waals surface area contributed by atoms with Crippen molar-refractivity contribution in [1.82, 2.24) is 0 Å². The predicted molar refractivity (Wildman–Crippen MR) is 103 cm³/mol. The molecule has 0 amide bonds. The fourth-order valence-corrected chi connectivity index (χ4v) is 4.77. The average Bonchev–Trinajstić information content (AvgIpc) is 3.02. The van der Waals surface area contributed by atoms with E-state index in [-0.39, 0.29) is 64.6 Å². The maximum absolute atomic E-state index is 12.5. The SMILES string of the molecule is CC(C)OC[C@@]1(N)C[C@@H](C)C[C@H]1OP(=O)([O-])OC[C-]1O[C@@H](C)C[C@H]1OC(C)C.[W]. The van der Waals surface area contributed by atoms with Crippen molar-refractivity contribution in [2.24, 2.45) is 11.7 Å². The van der Waals surface area contributed by atoms with Crippen molar-refractivity contribution in [2.75, 3.05) is 13.2 Å². The zero-order valence-corrected chi connectivity index (χ0v) is 22.1. The zero-order valence-electron chi connectivity index (χ0n) is 18.3. The number of rotatable bonds is 10. The van der Waals surface area contributed by atoms with Gasteiger partial charge in [0, 0.05) is 33.3 Å². The molecule has 10 heteroatoms. The summed E-state index contributed by atoms with van der Waals surface area (Å²) in [6, 6.07) is 0. The van der Waals surface area contributed by atoms with Crippen LogP contribution in [0.3, 0.4) is 0 Å². The van der Waals surface area contributed by atoms with Crippen LogP contribution in [0, 0.1) is 12.0 Å². The molecule has 8 nitrogen and oxygen atoms in total. The summed E-state index contributed by atoms with van der Waals surface area (Å²) in [5, 5.41) is 0. The summed E-state index contributed by atoms with van der Waals surface area (Å²) in [6.07, 6.45) is 1.31. The maximum Gasteiger partial charge on any atom is 0.265 e. The maximum atomic E-state index is 12.5. The van der Waals surface area contributed by atoms with Gasteiger partial charge in [0.05, 0.1) is 24.4 Å². The fourth-order valence-electron chi connectivity index (χ4n) is 3.82. The summed E-state index contributed by atoms with van der Waals surface area (Å²) in [6.45, 7) is 11.6. The molecule has 1 saturated heterocycles. The van der Waals surface area contributed by atoms with Crippen LogP contribution in [0.2, 0.25) is 0 Å². The summed E-state index contributed by atoms with van der Waals surface area (Å²) in [7, 11) is -4.57. The molecule has 1 aliphatic carbocycles. The molecule has 2 aliphatic rings. The number of phosphoric ester groups is 1. The van der Waals surface area contributed by atoms with Gasteiger partial charge >= 0.3 is 0 Å². The van der Waals surface area contributed by atoms with Gasteiger partial charge in [-0.2, -0.15) is 0 Å². The van der Waals surface area contributed by atoms with Crippen LogP contribution in [-0.4, -0.2) is 49.3 Å². The minimum Gasteiger partial charge on any atom is -0.756 e. The molecule has 0 aromatic carbocycles. The van der Waals surface area contributed by atoms with Crippen LogP contribution in [0.4, 0.5) is 0 Å². The average molecular weight is 605 g/mol. The molecule has 1 unspecified atom stereocenters. The Bertz CT molecular complexity index is 553. The molecule has 29 heavy (non-hydrogen) atoms. The number of hydrogen-bond donors (Lipinski definition) is 1. The van der Waals surface area contributed by atoms with Gasteiger partial charge < -0.3 is 33.9 Å². The van der Waals surface area contributed by atoms with Gasteiger partial charge in [-0.3, -0.25) is 4.57 Å². The Balaban J connectivity index is 0.00000420. The molecule has 2 fully saturated rings. The van der Waals surface area contributed by atoms with Crippen molar-refractivity contribution >= 4 is 7.82 Å². The van der Waals surface area contributed by atoms with Crippen molar-refractivity contribution in [3.63, 3.8) is 0 Å². The molecular formula is C19H36NO7PW-2. The van der Waals surface area contributed by atoms with Gasteiger partial charge in [0.2, 0.25) is 0 Å². The van der Waals surface area contributed by atoms with Crippen LogP contribution in [0.5, 0.6) is 0 Å². The van der Waals surface area contributed by atoms with Crippen molar-refractivity contribution in [1.29, 1.82) is 0 Å². The first kappa shape index (κ1) is 27.7. The van der Waals surface area contributed by atoms with Crippen molar-refractivity contribution in [3.8, 4) is 0 Å². The van der Waals surface area contributed by atoms with E-state index in [9.17, 15) is 9.46 Å². The van der Waals surface area contributed by atoms with Gasteiger partial charge in [0.25, 0.3) is 7.82 Å². The summed E-state index contributed by atoms with van der Waals surface area (Å²) in [5.41, 5.74) is 5.59. The molecular weight excluding hydrogens is 569 g/mol. The van der Waals surface area contributed by atoms with E-state index in [4.69, 9.17) is 29.0 Å². The molecule has 0 aromatic heterocycles. The van der Waals surface area contributed by atoms with Crippen LogP contribution < -0.4 is 10.6 Å². The Morgan fingerprint density at radius 2 is 1.90 bits per heavy atom. The smallest absolute Gasteiger partial charge is 0.265 e. The third kappa shape index (κ3) is 8.59. The van der Waals surface area contributed by atoms with E-state index in [0.29, 0.717) is 25.4 Å². The number of phosphoric acid groups is 1. The first-order chi connectivity index (χ1) is 12.9. The third-order valence-electron chi connectivity index (χ3n) is 4.99. The second kappa shape index (κ2) is 11.5. The van der Waals surface area contributed by atoms with Crippen LogP contribution in [0.25, 0.3) is 0 Å². The van der Waals surface area contributed by atoms with Crippen LogP contribution >= 0.6 is 7.82 Å². The third-order valence-corrected chi connectivity index (χ3v) is 5.94. The van der Waals surface area contributed by atoms with E-state index in [1.807, 2.05) is 41.5 Å². The normalized spacial score (nSPS) is 35.2. The zero-order chi connectivity index (χ0) is 21.1. The number of hydrogen-bond acceptors (Lipinski definition) is 8. The Labute approximate surface area is 189 Å².